The summed E-state index contributed by atoms with van der Waals surface area (Å²) in [5.74, 6) is 0.293. The molecule has 1 aliphatic rings. The molecule has 2 aromatic heterocycles. The largest absolute Gasteiger partial charge is 0.434 e. The Kier molecular flexibility index (Phi) is 3.84. The number of nitrogens with zero attached hydrogens (tertiary/aromatic N) is 3. The molecule has 0 spiro atoms. The molecule has 0 aliphatic carbocycles. The molecule has 0 N–H and O–H groups in total. The number of halogens is 4. The van der Waals surface area contributed by atoms with Crippen molar-refractivity contribution in [2.75, 3.05) is 0 Å². The molecule has 3 nitrogen and oxygen atoms in total. The van der Waals surface area contributed by atoms with Gasteiger partial charge < -0.3 is 10.3 Å². The Morgan fingerprint density at radius 3 is 2.64 bits per heavy atom. The second-order valence-corrected chi connectivity index (χ2v) is 6.53. The van der Waals surface area contributed by atoms with Gasteiger partial charge in [0, 0.05) is 10.3 Å². The fraction of sp³-hybridized carbons (Fsp3) is 0.0769. The Hall–Kier alpha value is -1.64. The summed E-state index contributed by atoms with van der Waals surface area (Å²) in [5, 5.41) is 6.70. The fourth-order valence-electron chi connectivity index (χ4n) is 1.70. The predicted octanol–water partition coefficient (Wildman–Crippen LogP) is 5.57. The van der Waals surface area contributed by atoms with Crippen molar-refractivity contribution in [2.45, 2.75) is 6.18 Å². The summed E-state index contributed by atoms with van der Waals surface area (Å²) in [6.07, 6.45) is -2.83. The smallest absolute Gasteiger partial charge is 0.425 e. The molecule has 0 unspecified atom stereocenters. The minimum atomic E-state index is -4.37. The zero-order valence-electron chi connectivity index (χ0n) is 10.7. The predicted molar refractivity (Wildman–Crippen MR) is 83.5 cm³/mol. The Morgan fingerprint density at radius 2 is 2.05 bits per heavy atom. The van der Waals surface area contributed by atoms with Crippen LogP contribution in [-0.2, 0) is 6.18 Å². The maximum atomic E-state index is 12.7. The third-order valence-electron chi connectivity index (χ3n) is 2.58. The Labute approximate surface area is 136 Å². The molecule has 0 aromatic carbocycles. The monoisotopic (exact) mass is 360 g/mol. The van der Waals surface area contributed by atoms with E-state index in [1.165, 1.54) is 23.5 Å². The highest BCUT2D eigenvalue weighted by Gasteiger charge is 2.32. The van der Waals surface area contributed by atoms with Crippen LogP contribution in [0.15, 0.2) is 40.9 Å². The summed E-state index contributed by atoms with van der Waals surface area (Å²) in [6, 6.07) is 2.42. The van der Waals surface area contributed by atoms with Crippen LogP contribution < -0.4 is 0 Å². The molecule has 114 valence electrons. The van der Waals surface area contributed by atoms with Crippen LogP contribution in [0.1, 0.15) is 14.8 Å². The summed E-state index contributed by atoms with van der Waals surface area (Å²) >= 11 is 7.64. The van der Waals surface area contributed by atoms with E-state index < -0.39 is 11.1 Å². The quantitative estimate of drug-likeness (QED) is 0.690. The van der Waals surface area contributed by atoms with E-state index >= 15 is 0 Å². The van der Waals surface area contributed by atoms with E-state index in [0.29, 0.717) is 43.6 Å². The van der Waals surface area contributed by atoms with Crippen molar-refractivity contribution in [3.05, 3.63) is 61.1 Å². The molecule has 0 fully saturated rings. The number of thiophene rings is 1. The number of hydrogen-bond donors (Lipinski definition) is 0. The molecule has 0 radical (unpaired) electrons. The van der Waals surface area contributed by atoms with Crippen LogP contribution in [0.2, 0.25) is 5.15 Å². The van der Waals surface area contributed by atoms with Gasteiger partial charge in [-0.25, -0.2) is 4.98 Å². The molecule has 0 atom stereocenters. The standard InChI is InChI=1S/C13H6ClF3N3S2/c1-6-4-7(8-2-3-9(22-8)13(15,16)17)19-11(18-6)12-20-10(14)5-21-12/h2-5H,1H2/q-1. The van der Waals surface area contributed by atoms with Crippen LogP contribution in [0.5, 0.6) is 0 Å². The van der Waals surface area contributed by atoms with Crippen LogP contribution in [-0.4, -0.2) is 10.8 Å². The average molecular weight is 361 g/mol. The van der Waals surface area contributed by atoms with Gasteiger partial charge in [0.2, 0.25) is 0 Å². The van der Waals surface area contributed by atoms with Crippen LogP contribution >= 0.6 is 34.3 Å². The molecule has 22 heavy (non-hydrogen) atoms. The number of aliphatic imine (C=N–C) groups is 1. The molecule has 3 rings (SSSR count). The zero-order chi connectivity index (χ0) is 15.9. The maximum Gasteiger partial charge on any atom is 0.425 e. The number of amidine groups is 1. The minimum Gasteiger partial charge on any atom is -0.434 e. The van der Waals surface area contributed by atoms with Crippen molar-refractivity contribution in [1.29, 1.82) is 0 Å². The van der Waals surface area contributed by atoms with E-state index in [9.17, 15) is 13.2 Å². The first-order valence-corrected chi connectivity index (χ1v) is 7.90. The van der Waals surface area contributed by atoms with Gasteiger partial charge in [-0.05, 0) is 29.4 Å². The van der Waals surface area contributed by atoms with Crippen molar-refractivity contribution in [3.63, 3.8) is 0 Å². The molecule has 0 saturated heterocycles. The van der Waals surface area contributed by atoms with Crippen LogP contribution in [0, 0.1) is 0 Å². The summed E-state index contributed by atoms with van der Waals surface area (Å²) < 4.78 is 38.1. The van der Waals surface area contributed by atoms with Gasteiger partial charge in [0.15, 0.2) is 0 Å². The van der Waals surface area contributed by atoms with Crippen molar-refractivity contribution in [2.24, 2.45) is 4.99 Å². The minimum absolute atomic E-state index is 0.293. The van der Waals surface area contributed by atoms with Crippen molar-refractivity contribution in [3.8, 4) is 0 Å². The third kappa shape index (κ3) is 3.08. The van der Waals surface area contributed by atoms with E-state index in [0.717, 1.165) is 6.07 Å². The molecular formula is C13H6ClF3N3S2-. The average Bonchev–Trinajstić information content (AvgIpc) is 3.05. The maximum absolute atomic E-state index is 12.7. The number of hydrogen-bond acceptors (Lipinski definition) is 4. The Morgan fingerprint density at radius 1 is 1.27 bits per heavy atom. The molecular weight excluding hydrogens is 355 g/mol. The SMILES string of the molecule is C=C1C=C(c2ccc(C(F)(F)F)s2)[N-]C(c2nc(Cl)cs2)=N1. The van der Waals surface area contributed by atoms with Gasteiger partial charge >= 0.3 is 6.18 Å². The van der Waals surface area contributed by atoms with E-state index in [2.05, 4.69) is 21.9 Å². The van der Waals surface area contributed by atoms with Gasteiger partial charge in [0.05, 0.1) is 0 Å². The first-order valence-electron chi connectivity index (χ1n) is 5.83. The second kappa shape index (κ2) is 5.53. The van der Waals surface area contributed by atoms with E-state index in [1.807, 2.05) is 0 Å². The van der Waals surface area contributed by atoms with Gasteiger partial charge in [0.25, 0.3) is 0 Å². The zero-order valence-corrected chi connectivity index (χ0v) is 13.1. The number of rotatable bonds is 2. The highest BCUT2D eigenvalue weighted by Crippen LogP contribution is 2.39. The van der Waals surface area contributed by atoms with Crippen LogP contribution in [0.3, 0.4) is 0 Å². The number of allylic oxidation sites excluding steroid dienone is 1. The van der Waals surface area contributed by atoms with Gasteiger partial charge in [-0.2, -0.15) is 13.2 Å². The van der Waals surface area contributed by atoms with Crippen LogP contribution in [0.4, 0.5) is 13.2 Å². The summed E-state index contributed by atoms with van der Waals surface area (Å²) in [5.41, 5.74) is 0.773. The molecule has 0 saturated carbocycles. The lowest BCUT2D eigenvalue weighted by Crippen LogP contribution is -2.04. The van der Waals surface area contributed by atoms with E-state index in [1.54, 1.807) is 5.38 Å². The van der Waals surface area contributed by atoms with E-state index in [4.69, 9.17) is 11.6 Å². The lowest BCUT2D eigenvalue weighted by molar-refractivity contribution is -0.134. The third-order valence-corrected chi connectivity index (χ3v) is 4.90. The second-order valence-electron chi connectivity index (χ2n) is 4.21. The first kappa shape index (κ1) is 15.3. The number of alkyl halides is 3. The molecule has 0 amide bonds. The van der Waals surface area contributed by atoms with Gasteiger partial charge in [-0.1, -0.05) is 24.3 Å². The number of thiazole rings is 1. The van der Waals surface area contributed by atoms with Crippen LogP contribution in [0.25, 0.3) is 11.0 Å². The summed E-state index contributed by atoms with van der Waals surface area (Å²) in [6.45, 7) is 3.73. The van der Waals surface area contributed by atoms with Gasteiger partial charge in [0.1, 0.15) is 15.0 Å². The van der Waals surface area contributed by atoms with Gasteiger partial charge in [-0.15, -0.1) is 22.7 Å². The molecule has 9 heteroatoms. The molecule has 3 heterocycles. The summed E-state index contributed by atoms with van der Waals surface area (Å²) in [7, 11) is 0. The molecule has 2 aromatic rings. The highest BCUT2D eigenvalue weighted by molar-refractivity contribution is 7.13. The Balaban J connectivity index is 1.90. The van der Waals surface area contributed by atoms with Crippen molar-refractivity contribution >= 4 is 45.8 Å². The fourth-order valence-corrected chi connectivity index (χ4v) is 3.42. The Bertz CT molecular complexity index is 802. The topological polar surface area (TPSA) is 39.4 Å². The normalized spacial score (nSPS) is 15.4. The van der Waals surface area contributed by atoms with Crippen molar-refractivity contribution < 1.29 is 13.2 Å². The van der Waals surface area contributed by atoms with E-state index in [-0.39, 0.29) is 0 Å². The lowest BCUT2D eigenvalue weighted by Gasteiger charge is -2.25. The van der Waals surface area contributed by atoms with Crippen molar-refractivity contribution in [1.82, 2.24) is 4.98 Å². The molecule has 1 aliphatic heterocycles. The highest BCUT2D eigenvalue weighted by atomic mass is 35.5. The lowest BCUT2D eigenvalue weighted by atomic mass is 10.2. The molecule has 0 bridgehead atoms. The first-order chi connectivity index (χ1) is 10.3. The number of aromatic nitrogens is 1. The summed E-state index contributed by atoms with van der Waals surface area (Å²) in [4.78, 5) is 7.92. The van der Waals surface area contributed by atoms with Gasteiger partial charge in [-0.3, -0.25) is 0 Å².